The molecule has 2 saturated heterocycles. The van der Waals surface area contributed by atoms with E-state index in [1.807, 2.05) is 0 Å². The molecular formula is C10H19NO3. The summed E-state index contributed by atoms with van der Waals surface area (Å²) in [4.78, 5) is 0. The molecule has 0 saturated carbocycles. The molecule has 2 aliphatic heterocycles. The summed E-state index contributed by atoms with van der Waals surface area (Å²) >= 11 is 0. The number of hydrogen-bond acceptors (Lipinski definition) is 4. The SMILES string of the molecule is CC(NCC1OCCO1)C1CCCO1. The molecule has 0 aromatic carbocycles. The maximum absolute atomic E-state index is 5.59. The van der Waals surface area contributed by atoms with Crippen molar-refractivity contribution in [1.29, 1.82) is 0 Å². The predicted molar refractivity (Wildman–Crippen MR) is 52.1 cm³/mol. The van der Waals surface area contributed by atoms with Crippen LogP contribution in [0.5, 0.6) is 0 Å². The summed E-state index contributed by atoms with van der Waals surface area (Å²) in [7, 11) is 0. The van der Waals surface area contributed by atoms with Crippen molar-refractivity contribution in [3.8, 4) is 0 Å². The highest BCUT2D eigenvalue weighted by Gasteiger charge is 2.23. The van der Waals surface area contributed by atoms with Crippen LogP contribution in [0.2, 0.25) is 0 Å². The summed E-state index contributed by atoms with van der Waals surface area (Å²) in [5.41, 5.74) is 0. The Hall–Kier alpha value is -0.160. The average molecular weight is 201 g/mol. The second-order valence-electron chi connectivity index (χ2n) is 3.92. The summed E-state index contributed by atoms with van der Waals surface area (Å²) < 4.78 is 16.3. The van der Waals surface area contributed by atoms with Crippen LogP contribution in [0.1, 0.15) is 19.8 Å². The van der Waals surface area contributed by atoms with Crippen molar-refractivity contribution in [2.75, 3.05) is 26.4 Å². The molecule has 2 atom stereocenters. The molecule has 4 nitrogen and oxygen atoms in total. The van der Waals surface area contributed by atoms with Gasteiger partial charge in [-0.25, -0.2) is 0 Å². The first kappa shape index (κ1) is 10.4. The molecule has 2 unspecified atom stereocenters. The van der Waals surface area contributed by atoms with Crippen LogP contribution < -0.4 is 5.32 Å². The molecule has 14 heavy (non-hydrogen) atoms. The van der Waals surface area contributed by atoms with Crippen molar-refractivity contribution in [2.45, 2.75) is 38.2 Å². The van der Waals surface area contributed by atoms with Gasteiger partial charge in [0.05, 0.1) is 19.3 Å². The second-order valence-corrected chi connectivity index (χ2v) is 3.92. The topological polar surface area (TPSA) is 39.7 Å². The lowest BCUT2D eigenvalue weighted by atomic mass is 10.1. The molecule has 0 aromatic rings. The van der Waals surface area contributed by atoms with Gasteiger partial charge in [0.25, 0.3) is 0 Å². The van der Waals surface area contributed by atoms with Crippen molar-refractivity contribution in [2.24, 2.45) is 0 Å². The van der Waals surface area contributed by atoms with E-state index in [4.69, 9.17) is 14.2 Å². The third-order valence-corrected chi connectivity index (χ3v) is 2.82. The van der Waals surface area contributed by atoms with Gasteiger partial charge in [-0.15, -0.1) is 0 Å². The number of rotatable bonds is 4. The summed E-state index contributed by atoms with van der Waals surface area (Å²) in [6, 6.07) is 0.394. The van der Waals surface area contributed by atoms with E-state index >= 15 is 0 Å². The van der Waals surface area contributed by atoms with E-state index in [2.05, 4.69) is 12.2 Å². The zero-order chi connectivity index (χ0) is 9.80. The summed E-state index contributed by atoms with van der Waals surface area (Å²) in [6.07, 6.45) is 2.67. The smallest absolute Gasteiger partial charge is 0.170 e. The standard InChI is InChI=1S/C10H19NO3/c1-8(9-3-2-4-12-9)11-7-10-13-5-6-14-10/h8-11H,2-7H2,1H3. The van der Waals surface area contributed by atoms with Gasteiger partial charge in [0.15, 0.2) is 6.29 Å². The Balaban J connectivity index is 1.63. The monoisotopic (exact) mass is 201 g/mol. The van der Waals surface area contributed by atoms with Gasteiger partial charge in [-0.1, -0.05) is 0 Å². The lowest BCUT2D eigenvalue weighted by Gasteiger charge is -2.21. The molecular weight excluding hydrogens is 182 g/mol. The minimum absolute atomic E-state index is 0.0566. The van der Waals surface area contributed by atoms with Gasteiger partial charge in [-0.3, -0.25) is 0 Å². The number of hydrogen-bond donors (Lipinski definition) is 1. The molecule has 0 spiro atoms. The maximum atomic E-state index is 5.59. The third-order valence-electron chi connectivity index (χ3n) is 2.82. The van der Waals surface area contributed by atoms with Gasteiger partial charge in [-0.05, 0) is 19.8 Å². The van der Waals surface area contributed by atoms with Crippen molar-refractivity contribution in [1.82, 2.24) is 5.32 Å². The Bertz CT molecular complexity index is 165. The lowest BCUT2D eigenvalue weighted by Crippen LogP contribution is -2.41. The maximum Gasteiger partial charge on any atom is 0.170 e. The lowest BCUT2D eigenvalue weighted by molar-refractivity contribution is -0.0435. The number of ether oxygens (including phenoxy) is 3. The Morgan fingerprint density at radius 1 is 1.21 bits per heavy atom. The van der Waals surface area contributed by atoms with Crippen molar-refractivity contribution < 1.29 is 14.2 Å². The molecule has 0 aromatic heterocycles. The third kappa shape index (κ3) is 2.67. The van der Waals surface area contributed by atoms with Crippen LogP contribution in [0, 0.1) is 0 Å². The van der Waals surface area contributed by atoms with E-state index in [1.165, 1.54) is 12.8 Å². The van der Waals surface area contributed by atoms with Crippen molar-refractivity contribution >= 4 is 0 Å². The minimum Gasteiger partial charge on any atom is -0.377 e. The average Bonchev–Trinajstić information content (AvgIpc) is 2.87. The van der Waals surface area contributed by atoms with E-state index in [0.717, 1.165) is 26.4 Å². The van der Waals surface area contributed by atoms with Crippen LogP contribution in [0.3, 0.4) is 0 Å². The first-order chi connectivity index (χ1) is 6.86. The van der Waals surface area contributed by atoms with Gasteiger partial charge in [0.1, 0.15) is 0 Å². The number of nitrogens with one attached hydrogen (secondary N) is 1. The quantitative estimate of drug-likeness (QED) is 0.719. The van der Waals surface area contributed by atoms with Crippen LogP contribution in [-0.2, 0) is 14.2 Å². The zero-order valence-electron chi connectivity index (χ0n) is 8.70. The van der Waals surface area contributed by atoms with Gasteiger partial charge in [0.2, 0.25) is 0 Å². The Kier molecular flexibility index (Phi) is 3.75. The first-order valence-electron chi connectivity index (χ1n) is 5.44. The summed E-state index contributed by atoms with van der Waals surface area (Å²) in [5.74, 6) is 0. The Morgan fingerprint density at radius 2 is 2.00 bits per heavy atom. The van der Waals surface area contributed by atoms with Crippen LogP contribution in [0.4, 0.5) is 0 Å². The molecule has 2 aliphatic rings. The van der Waals surface area contributed by atoms with E-state index in [0.29, 0.717) is 12.1 Å². The zero-order valence-corrected chi connectivity index (χ0v) is 8.70. The summed E-state index contributed by atoms with van der Waals surface area (Å²) in [5, 5.41) is 3.39. The Morgan fingerprint density at radius 3 is 2.64 bits per heavy atom. The molecule has 2 heterocycles. The van der Waals surface area contributed by atoms with Gasteiger partial charge in [0, 0.05) is 19.2 Å². The molecule has 0 aliphatic carbocycles. The highest BCUT2D eigenvalue weighted by atomic mass is 16.7. The molecule has 82 valence electrons. The first-order valence-corrected chi connectivity index (χ1v) is 5.44. The van der Waals surface area contributed by atoms with Crippen LogP contribution in [-0.4, -0.2) is 44.8 Å². The largest absolute Gasteiger partial charge is 0.377 e. The molecule has 0 amide bonds. The normalized spacial score (nSPS) is 31.1. The molecule has 1 N–H and O–H groups in total. The molecule has 2 fully saturated rings. The molecule has 4 heteroatoms. The second kappa shape index (κ2) is 5.07. The van der Waals surface area contributed by atoms with Gasteiger partial charge >= 0.3 is 0 Å². The molecule has 0 bridgehead atoms. The van der Waals surface area contributed by atoms with Crippen molar-refractivity contribution in [3.63, 3.8) is 0 Å². The van der Waals surface area contributed by atoms with E-state index in [9.17, 15) is 0 Å². The highest BCUT2D eigenvalue weighted by molar-refractivity contribution is 4.77. The predicted octanol–water partition coefficient (Wildman–Crippen LogP) is 0.516. The fourth-order valence-corrected chi connectivity index (χ4v) is 1.94. The van der Waals surface area contributed by atoms with Crippen LogP contribution in [0.15, 0.2) is 0 Å². The van der Waals surface area contributed by atoms with Crippen LogP contribution >= 0.6 is 0 Å². The van der Waals surface area contributed by atoms with E-state index < -0.39 is 0 Å². The fourth-order valence-electron chi connectivity index (χ4n) is 1.94. The summed E-state index contributed by atoms with van der Waals surface area (Å²) in [6.45, 7) is 5.28. The highest BCUT2D eigenvalue weighted by Crippen LogP contribution is 2.15. The minimum atomic E-state index is -0.0566. The van der Waals surface area contributed by atoms with Gasteiger partial charge < -0.3 is 19.5 Å². The van der Waals surface area contributed by atoms with Crippen LogP contribution in [0.25, 0.3) is 0 Å². The van der Waals surface area contributed by atoms with E-state index in [1.54, 1.807) is 0 Å². The molecule has 2 rings (SSSR count). The van der Waals surface area contributed by atoms with E-state index in [-0.39, 0.29) is 6.29 Å². The fraction of sp³-hybridized carbons (Fsp3) is 1.00. The van der Waals surface area contributed by atoms with Gasteiger partial charge in [-0.2, -0.15) is 0 Å². The van der Waals surface area contributed by atoms with Crippen molar-refractivity contribution in [3.05, 3.63) is 0 Å². The molecule has 0 radical (unpaired) electrons. The Labute approximate surface area is 84.9 Å².